The van der Waals surface area contributed by atoms with E-state index in [1.165, 1.54) is 32.1 Å². The van der Waals surface area contributed by atoms with Gasteiger partial charge >= 0.3 is 0 Å². The Morgan fingerprint density at radius 1 is 1.16 bits per heavy atom. The summed E-state index contributed by atoms with van der Waals surface area (Å²) in [5, 5.41) is 7.87. The Bertz CT molecular complexity index is 450. The number of rotatable bonds is 2. The van der Waals surface area contributed by atoms with E-state index in [0.717, 1.165) is 5.69 Å². The second-order valence-corrected chi connectivity index (χ2v) is 6.01. The zero-order valence-corrected chi connectivity index (χ0v) is 12.8. The Morgan fingerprint density at radius 3 is 2.32 bits per heavy atom. The van der Waals surface area contributed by atoms with Crippen molar-refractivity contribution in [2.75, 3.05) is 11.1 Å². The van der Waals surface area contributed by atoms with Gasteiger partial charge in [-0.2, -0.15) is 0 Å². The Morgan fingerprint density at radius 2 is 1.74 bits per heavy atom. The summed E-state index contributed by atoms with van der Waals surface area (Å²) in [6, 6.07) is 3.91. The molecule has 0 amide bonds. The Labute approximate surface area is 128 Å². The first-order valence-electron chi connectivity index (χ1n) is 6.38. The fourth-order valence-corrected chi connectivity index (χ4v) is 3.03. The van der Waals surface area contributed by atoms with Crippen molar-refractivity contribution >= 4 is 51.9 Å². The molecular weight excluding hydrogens is 301 g/mol. The molecule has 1 aromatic carbocycles. The third kappa shape index (κ3) is 4.13. The lowest BCUT2D eigenvalue weighted by molar-refractivity contribution is 0.415. The summed E-state index contributed by atoms with van der Waals surface area (Å²) in [5.74, 6) is 0. The van der Waals surface area contributed by atoms with Crippen molar-refractivity contribution < 1.29 is 0 Å². The van der Waals surface area contributed by atoms with E-state index in [0.29, 0.717) is 26.9 Å². The summed E-state index contributed by atoms with van der Waals surface area (Å²) < 4.78 is 0. The molecule has 1 aliphatic carbocycles. The lowest BCUT2D eigenvalue weighted by Gasteiger charge is -2.24. The van der Waals surface area contributed by atoms with Crippen LogP contribution in [0.4, 0.5) is 11.4 Å². The van der Waals surface area contributed by atoms with Gasteiger partial charge in [-0.15, -0.1) is 0 Å². The average molecular weight is 318 g/mol. The van der Waals surface area contributed by atoms with Crippen molar-refractivity contribution in [2.45, 2.75) is 38.1 Å². The van der Waals surface area contributed by atoms with E-state index in [-0.39, 0.29) is 0 Å². The van der Waals surface area contributed by atoms with Crippen molar-refractivity contribution in [1.82, 2.24) is 5.32 Å². The van der Waals surface area contributed by atoms with Crippen LogP contribution in [-0.4, -0.2) is 11.2 Å². The van der Waals surface area contributed by atoms with Gasteiger partial charge in [0.15, 0.2) is 5.11 Å². The van der Waals surface area contributed by atoms with Crippen LogP contribution in [-0.2, 0) is 0 Å². The number of nitrogen functional groups attached to an aromatic ring is 1. The number of nitrogens with two attached hydrogens (primary N) is 1. The molecule has 0 radical (unpaired) electrons. The zero-order valence-electron chi connectivity index (χ0n) is 10.5. The maximum atomic E-state index is 5.98. The number of benzene rings is 1. The van der Waals surface area contributed by atoms with Crippen LogP contribution < -0.4 is 16.4 Å². The van der Waals surface area contributed by atoms with Gasteiger partial charge in [-0.3, -0.25) is 0 Å². The average Bonchev–Trinajstić information content (AvgIpc) is 2.37. The number of nitrogens with one attached hydrogen (secondary N) is 2. The van der Waals surface area contributed by atoms with Crippen LogP contribution in [0.25, 0.3) is 0 Å². The third-order valence-electron chi connectivity index (χ3n) is 3.28. The fraction of sp³-hybridized carbons (Fsp3) is 0.462. The molecule has 1 aromatic rings. The minimum Gasteiger partial charge on any atom is -0.396 e. The molecule has 104 valence electrons. The summed E-state index contributed by atoms with van der Waals surface area (Å²) in [4.78, 5) is 0. The summed E-state index contributed by atoms with van der Waals surface area (Å²) >= 11 is 17.3. The second kappa shape index (κ2) is 6.64. The topological polar surface area (TPSA) is 50.1 Å². The van der Waals surface area contributed by atoms with Gasteiger partial charge in [0.1, 0.15) is 0 Å². The highest BCUT2D eigenvalue weighted by molar-refractivity contribution is 7.80. The molecule has 1 aliphatic rings. The molecule has 2 rings (SSSR count). The van der Waals surface area contributed by atoms with Gasteiger partial charge in [0.25, 0.3) is 0 Å². The Kier molecular flexibility index (Phi) is 5.13. The molecule has 1 saturated carbocycles. The molecule has 19 heavy (non-hydrogen) atoms. The number of hydrogen-bond donors (Lipinski definition) is 3. The van der Waals surface area contributed by atoms with E-state index in [1.807, 2.05) is 0 Å². The van der Waals surface area contributed by atoms with Gasteiger partial charge in [0.2, 0.25) is 0 Å². The van der Waals surface area contributed by atoms with Crippen LogP contribution >= 0.6 is 35.4 Å². The molecule has 0 bridgehead atoms. The minimum absolute atomic E-state index is 0.389. The van der Waals surface area contributed by atoms with Crippen molar-refractivity contribution in [3.05, 3.63) is 22.2 Å². The van der Waals surface area contributed by atoms with E-state index < -0.39 is 0 Å². The molecular formula is C13H17Cl2N3S. The van der Waals surface area contributed by atoms with E-state index in [2.05, 4.69) is 10.6 Å². The highest BCUT2D eigenvalue weighted by atomic mass is 35.5. The van der Waals surface area contributed by atoms with Crippen LogP contribution in [0.15, 0.2) is 12.1 Å². The normalized spacial score (nSPS) is 16.1. The first kappa shape index (κ1) is 14.7. The maximum Gasteiger partial charge on any atom is 0.170 e. The number of anilines is 2. The number of hydrogen-bond acceptors (Lipinski definition) is 2. The third-order valence-corrected chi connectivity index (χ3v) is 4.12. The molecule has 6 heteroatoms. The largest absolute Gasteiger partial charge is 0.396 e. The van der Waals surface area contributed by atoms with E-state index in [1.54, 1.807) is 12.1 Å². The predicted octanol–water partition coefficient (Wildman–Crippen LogP) is 4.19. The van der Waals surface area contributed by atoms with Crippen LogP contribution in [0.5, 0.6) is 0 Å². The highest BCUT2D eigenvalue weighted by Crippen LogP contribution is 2.31. The number of thiocarbonyl (C=S) groups is 1. The molecule has 0 heterocycles. The van der Waals surface area contributed by atoms with Crippen LogP contribution in [0.1, 0.15) is 32.1 Å². The minimum atomic E-state index is 0.389. The molecule has 0 atom stereocenters. The van der Waals surface area contributed by atoms with E-state index >= 15 is 0 Å². The summed E-state index contributed by atoms with van der Waals surface area (Å²) in [5.41, 5.74) is 6.83. The van der Waals surface area contributed by atoms with Crippen molar-refractivity contribution in [3.63, 3.8) is 0 Å². The second-order valence-electron chi connectivity index (χ2n) is 4.79. The molecule has 3 nitrogen and oxygen atoms in total. The van der Waals surface area contributed by atoms with Gasteiger partial charge < -0.3 is 16.4 Å². The Balaban J connectivity index is 1.94. The SMILES string of the molecule is Nc1c(Cl)cc(NC(=S)NC2CCCCC2)cc1Cl. The summed E-state index contributed by atoms with van der Waals surface area (Å²) in [6.07, 6.45) is 6.19. The van der Waals surface area contributed by atoms with Crippen molar-refractivity contribution in [2.24, 2.45) is 0 Å². The van der Waals surface area contributed by atoms with Crippen molar-refractivity contribution in [1.29, 1.82) is 0 Å². The quantitative estimate of drug-likeness (QED) is 0.565. The fourth-order valence-electron chi connectivity index (χ4n) is 2.26. The molecule has 4 N–H and O–H groups in total. The lowest BCUT2D eigenvalue weighted by atomic mass is 9.96. The Hall–Kier alpha value is -0.710. The highest BCUT2D eigenvalue weighted by Gasteiger charge is 2.14. The molecule has 0 aliphatic heterocycles. The van der Waals surface area contributed by atoms with E-state index in [9.17, 15) is 0 Å². The zero-order chi connectivity index (χ0) is 13.8. The van der Waals surface area contributed by atoms with Crippen LogP contribution in [0.3, 0.4) is 0 Å². The maximum absolute atomic E-state index is 5.98. The van der Waals surface area contributed by atoms with Gasteiger partial charge in [-0.1, -0.05) is 42.5 Å². The first-order valence-corrected chi connectivity index (χ1v) is 7.54. The molecule has 0 aromatic heterocycles. The van der Waals surface area contributed by atoms with E-state index in [4.69, 9.17) is 41.2 Å². The number of halogens is 2. The standard InChI is InChI=1S/C13H17Cl2N3S/c14-10-6-9(7-11(15)12(10)16)18-13(19)17-8-4-2-1-3-5-8/h6-8H,1-5,16H2,(H2,17,18,19). The van der Waals surface area contributed by atoms with Gasteiger partial charge in [0, 0.05) is 11.7 Å². The molecule has 1 fully saturated rings. The molecule has 0 unspecified atom stereocenters. The van der Waals surface area contributed by atoms with Crippen LogP contribution in [0.2, 0.25) is 10.0 Å². The summed E-state index contributed by atoms with van der Waals surface area (Å²) in [7, 11) is 0. The monoisotopic (exact) mass is 317 g/mol. The first-order chi connectivity index (χ1) is 9.06. The predicted molar refractivity (Wildman–Crippen MR) is 87.1 cm³/mol. The van der Waals surface area contributed by atoms with Gasteiger partial charge in [-0.25, -0.2) is 0 Å². The van der Waals surface area contributed by atoms with Crippen molar-refractivity contribution in [3.8, 4) is 0 Å². The summed E-state index contributed by atoms with van der Waals surface area (Å²) in [6.45, 7) is 0. The molecule has 0 spiro atoms. The lowest BCUT2D eigenvalue weighted by Crippen LogP contribution is -2.38. The van der Waals surface area contributed by atoms with Gasteiger partial charge in [-0.05, 0) is 37.2 Å². The van der Waals surface area contributed by atoms with Gasteiger partial charge in [0.05, 0.1) is 15.7 Å². The molecule has 0 saturated heterocycles. The smallest absolute Gasteiger partial charge is 0.170 e. The van der Waals surface area contributed by atoms with Crippen LogP contribution in [0, 0.1) is 0 Å².